The summed E-state index contributed by atoms with van der Waals surface area (Å²) in [4.78, 5) is 24.2. The number of carbonyl (C=O) groups excluding carboxylic acids is 2. The molecule has 3 rings (SSSR count). The van der Waals surface area contributed by atoms with Gasteiger partial charge in [0.1, 0.15) is 0 Å². The van der Waals surface area contributed by atoms with E-state index in [0.29, 0.717) is 16.3 Å². The number of amides is 1. The minimum Gasteiger partial charge on any atom is -0.325 e. The van der Waals surface area contributed by atoms with Gasteiger partial charge in [0.15, 0.2) is 5.78 Å². The molecule has 3 aromatic rings. The fourth-order valence-corrected chi connectivity index (χ4v) is 3.37. The molecule has 0 aliphatic rings. The summed E-state index contributed by atoms with van der Waals surface area (Å²) in [7, 11) is 0. The van der Waals surface area contributed by atoms with Gasteiger partial charge in [0.05, 0.1) is 11.5 Å². The summed E-state index contributed by atoms with van der Waals surface area (Å²) in [5.74, 6) is 0.350. The summed E-state index contributed by atoms with van der Waals surface area (Å²) >= 11 is 7.11. The highest BCUT2D eigenvalue weighted by molar-refractivity contribution is 8.00. The number of ketones is 1. The Labute approximate surface area is 167 Å². The molecule has 0 spiro atoms. The van der Waals surface area contributed by atoms with Gasteiger partial charge in [-0.3, -0.25) is 9.59 Å². The van der Waals surface area contributed by atoms with Crippen LogP contribution in [0.4, 0.5) is 5.69 Å². The van der Waals surface area contributed by atoms with Crippen LogP contribution < -0.4 is 5.32 Å². The highest BCUT2D eigenvalue weighted by atomic mass is 35.5. The first-order chi connectivity index (χ1) is 13.1. The Morgan fingerprint density at radius 1 is 0.778 bits per heavy atom. The van der Waals surface area contributed by atoms with E-state index >= 15 is 0 Å². The van der Waals surface area contributed by atoms with Gasteiger partial charge in [0.25, 0.3) is 0 Å². The van der Waals surface area contributed by atoms with E-state index in [1.165, 1.54) is 11.8 Å². The maximum Gasteiger partial charge on any atom is 0.234 e. The minimum atomic E-state index is -0.144. The van der Waals surface area contributed by atoms with Crippen LogP contribution in [0.3, 0.4) is 0 Å². The van der Waals surface area contributed by atoms with Crippen LogP contribution in [0.25, 0.3) is 11.1 Å². The van der Waals surface area contributed by atoms with Gasteiger partial charge in [-0.15, -0.1) is 11.8 Å². The Hall–Kier alpha value is -2.56. The molecular weight excluding hydrogens is 378 g/mol. The van der Waals surface area contributed by atoms with E-state index in [1.807, 2.05) is 54.6 Å². The van der Waals surface area contributed by atoms with Gasteiger partial charge < -0.3 is 5.32 Å². The molecule has 5 heteroatoms. The summed E-state index contributed by atoms with van der Waals surface area (Å²) in [6, 6.07) is 24.5. The number of thioether (sulfide) groups is 1. The lowest BCUT2D eigenvalue weighted by molar-refractivity contribution is -0.113. The van der Waals surface area contributed by atoms with Crippen LogP contribution in [0.15, 0.2) is 78.9 Å². The van der Waals surface area contributed by atoms with Gasteiger partial charge in [-0.1, -0.05) is 66.2 Å². The van der Waals surface area contributed by atoms with E-state index in [2.05, 4.69) is 5.32 Å². The van der Waals surface area contributed by atoms with Crippen molar-refractivity contribution in [1.29, 1.82) is 0 Å². The van der Waals surface area contributed by atoms with Crippen LogP contribution in [0, 0.1) is 0 Å². The average molecular weight is 396 g/mol. The minimum absolute atomic E-state index is 0.0129. The molecule has 3 aromatic carbocycles. The fraction of sp³-hybridized carbons (Fsp3) is 0.0909. The average Bonchev–Trinajstić information content (AvgIpc) is 2.70. The maximum atomic E-state index is 12.3. The van der Waals surface area contributed by atoms with Crippen LogP contribution in [-0.2, 0) is 4.79 Å². The quantitative estimate of drug-likeness (QED) is 0.532. The predicted molar refractivity (Wildman–Crippen MR) is 114 cm³/mol. The zero-order valence-electron chi connectivity index (χ0n) is 14.5. The summed E-state index contributed by atoms with van der Waals surface area (Å²) in [6.45, 7) is 0. The van der Waals surface area contributed by atoms with Gasteiger partial charge in [-0.25, -0.2) is 0 Å². The zero-order valence-corrected chi connectivity index (χ0v) is 16.1. The molecule has 0 bridgehead atoms. The number of hydrogen-bond donors (Lipinski definition) is 1. The van der Waals surface area contributed by atoms with Crippen molar-refractivity contribution in [2.24, 2.45) is 0 Å². The molecule has 1 amide bonds. The van der Waals surface area contributed by atoms with Gasteiger partial charge in [-0.05, 0) is 35.4 Å². The first kappa shape index (κ1) is 19.2. The fourth-order valence-electron chi connectivity index (χ4n) is 2.53. The molecule has 3 nitrogen and oxygen atoms in total. The van der Waals surface area contributed by atoms with Crippen LogP contribution in [0.2, 0.25) is 5.02 Å². The van der Waals surface area contributed by atoms with E-state index in [9.17, 15) is 9.59 Å². The van der Waals surface area contributed by atoms with Crippen molar-refractivity contribution in [2.75, 3.05) is 16.8 Å². The van der Waals surface area contributed by atoms with E-state index in [1.54, 1.807) is 24.3 Å². The summed E-state index contributed by atoms with van der Waals surface area (Å²) < 4.78 is 0. The number of rotatable bonds is 7. The van der Waals surface area contributed by atoms with Crippen LogP contribution in [-0.4, -0.2) is 23.2 Å². The first-order valence-corrected chi connectivity index (χ1v) is 9.97. The largest absolute Gasteiger partial charge is 0.325 e. The van der Waals surface area contributed by atoms with E-state index in [0.717, 1.165) is 11.1 Å². The smallest absolute Gasteiger partial charge is 0.234 e. The Morgan fingerprint density at radius 3 is 2.07 bits per heavy atom. The lowest BCUT2D eigenvalue weighted by atomic mass is 10.0. The maximum absolute atomic E-state index is 12.3. The molecule has 0 saturated heterocycles. The van der Waals surface area contributed by atoms with Crippen molar-refractivity contribution in [3.05, 3.63) is 89.4 Å². The Balaban J connectivity index is 1.47. The Kier molecular flexibility index (Phi) is 6.69. The van der Waals surface area contributed by atoms with Crippen molar-refractivity contribution < 1.29 is 9.59 Å². The van der Waals surface area contributed by atoms with E-state index in [-0.39, 0.29) is 23.2 Å². The van der Waals surface area contributed by atoms with Crippen LogP contribution in [0.5, 0.6) is 0 Å². The van der Waals surface area contributed by atoms with Gasteiger partial charge in [0.2, 0.25) is 5.91 Å². The van der Waals surface area contributed by atoms with Crippen LogP contribution in [0.1, 0.15) is 10.4 Å². The molecule has 0 aliphatic heterocycles. The van der Waals surface area contributed by atoms with Gasteiger partial charge in [0, 0.05) is 16.3 Å². The number of benzene rings is 3. The van der Waals surface area contributed by atoms with Crippen molar-refractivity contribution in [1.82, 2.24) is 0 Å². The third-order valence-corrected chi connectivity index (χ3v) is 5.09. The molecule has 27 heavy (non-hydrogen) atoms. The third kappa shape index (κ3) is 5.71. The first-order valence-electron chi connectivity index (χ1n) is 8.44. The SMILES string of the molecule is O=C(CSCC(=O)c1ccc(-c2ccccc2)cc1)Nc1ccc(Cl)cc1. The molecule has 1 N–H and O–H groups in total. The number of nitrogens with one attached hydrogen (secondary N) is 1. The number of halogens is 1. The normalized spacial score (nSPS) is 10.4. The Bertz CT molecular complexity index is 909. The van der Waals surface area contributed by atoms with Crippen molar-refractivity contribution in [3.63, 3.8) is 0 Å². The lowest BCUT2D eigenvalue weighted by Gasteiger charge is -2.06. The summed E-state index contributed by atoms with van der Waals surface area (Å²) in [5.41, 5.74) is 3.53. The van der Waals surface area contributed by atoms with Crippen molar-refractivity contribution >= 4 is 40.7 Å². The number of hydrogen-bond acceptors (Lipinski definition) is 3. The standard InChI is InChI=1S/C22H18ClNO2S/c23-19-10-12-20(13-11-19)24-22(26)15-27-14-21(25)18-8-6-17(7-9-18)16-4-2-1-3-5-16/h1-13H,14-15H2,(H,24,26). The molecule has 0 atom stereocenters. The number of carbonyl (C=O) groups is 2. The highest BCUT2D eigenvalue weighted by Crippen LogP contribution is 2.20. The van der Waals surface area contributed by atoms with Gasteiger partial charge >= 0.3 is 0 Å². The number of anilines is 1. The molecule has 136 valence electrons. The summed E-state index contributed by atoms with van der Waals surface area (Å²) in [5, 5.41) is 3.40. The van der Waals surface area contributed by atoms with E-state index < -0.39 is 0 Å². The second-order valence-electron chi connectivity index (χ2n) is 5.91. The highest BCUT2D eigenvalue weighted by Gasteiger charge is 2.09. The van der Waals surface area contributed by atoms with Crippen LogP contribution >= 0.6 is 23.4 Å². The Morgan fingerprint density at radius 2 is 1.41 bits per heavy atom. The number of Topliss-reactive ketones (excluding diaryl/α,β-unsaturated/α-hetero) is 1. The molecule has 0 radical (unpaired) electrons. The second kappa shape index (κ2) is 9.40. The van der Waals surface area contributed by atoms with Crippen molar-refractivity contribution in [2.45, 2.75) is 0 Å². The van der Waals surface area contributed by atoms with Gasteiger partial charge in [-0.2, -0.15) is 0 Å². The van der Waals surface area contributed by atoms with E-state index in [4.69, 9.17) is 11.6 Å². The molecule has 0 fully saturated rings. The molecule has 0 saturated carbocycles. The molecule has 0 aromatic heterocycles. The second-order valence-corrected chi connectivity index (χ2v) is 7.34. The molecule has 0 heterocycles. The lowest BCUT2D eigenvalue weighted by Crippen LogP contribution is -2.15. The van der Waals surface area contributed by atoms with Crippen molar-refractivity contribution in [3.8, 4) is 11.1 Å². The zero-order chi connectivity index (χ0) is 19.1. The predicted octanol–water partition coefficient (Wildman–Crippen LogP) is 5.56. The molecule has 0 unspecified atom stereocenters. The molecular formula is C22H18ClNO2S. The molecule has 0 aliphatic carbocycles. The topological polar surface area (TPSA) is 46.2 Å². The summed E-state index contributed by atoms with van der Waals surface area (Å²) in [6.07, 6.45) is 0. The monoisotopic (exact) mass is 395 g/mol. The third-order valence-electron chi connectivity index (χ3n) is 3.91.